The second kappa shape index (κ2) is 6.30. The van der Waals surface area contributed by atoms with E-state index in [-0.39, 0.29) is 22.4 Å². The summed E-state index contributed by atoms with van der Waals surface area (Å²) in [5, 5.41) is 0.614. The van der Waals surface area contributed by atoms with Gasteiger partial charge in [0, 0.05) is 5.02 Å². The average Bonchev–Trinajstić information content (AvgIpc) is 2.21. The van der Waals surface area contributed by atoms with Crippen LogP contribution >= 0.6 is 23.2 Å². The Balaban J connectivity index is 2.85. The highest BCUT2D eigenvalue weighted by Crippen LogP contribution is 2.28. The third-order valence-electron chi connectivity index (χ3n) is 2.43. The first-order valence-corrected chi connectivity index (χ1v) is 6.52. The van der Waals surface area contributed by atoms with Crippen molar-refractivity contribution in [1.82, 2.24) is 0 Å². The smallest absolute Gasteiger partial charge is 0.340 e. The van der Waals surface area contributed by atoms with E-state index in [4.69, 9.17) is 33.7 Å². The number of nitrogens with two attached hydrogens (primary N) is 1. The SMILES string of the molecule is CC(C)CC(C)OC(=O)c1cc(Cl)cc(Cl)c1N. The minimum atomic E-state index is -0.495. The molecule has 0 saturated heterocycles. The molecule has 1 aromatic rings. The van der Waals surface area contributed by atoms with Gasteiger partial charge >= 0.3 is 5.97 Å². The van der Waals surface area contributed by atoms with E-state index in [1.54, 1.807) is 0 Å². The number of benzene rings is 1. The summed E-state index contributed by atoms with van der Waals surface area (Å²) in [6.07, 6.45) is 0.620. The third kappa shape index (κ3) is 4.07. The molecule has 0 bridgehead atoms. The van der Waals surface area contributed by atoms with Crippen molar-refractivity contribution in [2.45, 2.75) is 33.3 Å². The molecule has 1 unspecified atom stereocenters. The minimum Gasteiger partial charge on any atom is -0.459 e. The van der Waals surface area contributed by atoms with Crippen molar-refractivity contribution in [2.24, 2.45) is 5.92 Å². The van der Waals surface area contributed by atoms with Crippen LogP contribution in [-0.4, -0.2) is 12.1 Å². The largest absolute Gasteiger partial charge is 0.459 e. The van der Waals surface area contributed by atoms with Gasteiger partial charge in [-0.3, -0.25) is 0 Å². The lowest BCUT2D eigenvalue weighted by molar-refractivity contribution is 0.0301. The van der Waals surface area contributed by atoms with E-state index in [9.17, 15) is 4.79 Å². The number of ether oxygens (including phenoxy) is 1. The number of anilines is 1. The normalized spacial score (nSPS) is 12.6. The maximum atomic E-state index is 11.9. The van der Waals surface area contributed by atoms with Crippen molar-refractivity contribution in [3.05, 3.63) is 27.7 Å². The highest BCUT2D eigenvalue weighted by molar-refractivity contribution is 6.37. The molecule has 0 aliphatic heterocycles. The van der Waals surface area contributed by atoms with Gasteiger partial charge in [0.15, 0.2) is 0 Å². The van der Waals surface area contributed by atoms with Crippen LogP contribution in [0.25, 0.3) is 0 Å². The predicted molar refractivity (Wildman–Crippen MR) is 75.2 cm³/mol. The van der Waals surface area contributed by atoms with Crippen LogP contribution in [0.15, 0.2) is 12.1 Å². The molecule has 0 aliphatic carbocycles. The standard InChI is InChI=1S/C13H17Cl2NO2/c1-7(2)4-8(3)18-13(17)10-5-9(14)6-11(15)12(10)16/h5-8H,4,16H2,1-3H3. The Bertz CT molecular complexity index is 447. The zero-order chi connectivity index (χ0) is 13.9. The molecule has 0 aromatic heterocycles. The van der Waals surface area contributed by atoms with Gasteiger partial charge in [-0.25, -0.2) is 4.79 Å². The monoisotopic (exact) mass is 289 g/mol. The fourth-order valence-electron chi connectivity index (χ4n) is 1.71. The third-order valence-corrected chi connectivity index (χ3v) is 2.96. The summed E-state index contributed by atoms with van der Waals surface area (Å²) < 4.78 is 5.30. The number of hydrogen-bond acceptors (Lipinski definition) is 3. The minimum absolute atomic E-state index is 0.172. The summed E-state index contributed by atoms with van der Waals surface area (Å²) in [7, 11) is 0. The van der Waals surface area contributed by atoms with Crippen LogP contribution in [0.4, 0.5) is 5.69 Å². The van der Waals surface area contributed by atoms with Crippen LogP contribution in [0.3, 0.4) is 0 Å². The van der Waals surface area contributed by atoms with E-state index in [0.29, 0.717) is 10.9 Å². The first-order chi connectivity index (χ1) is 8.31. The summed E-state index contributed by atoms with van der Waals surface area (Å²) in [5.74, 6) is -0.0434. The molecule has 3 nitrogen and oxygen atoms in total. The highest BCUT2D eigenvalue weighted by Gasteiger charge is 2.18. The quantitative estimate of drug-likeness (QED) is 0.669. The Morgan fingerprint density at radius 1 is 1.33 bits per heavy atom. The van der Waals surface area contributed by atoms with Gasteiger partial charge in [0.25, 0.3) is 0 Å². The van der Waals surface area contributed by atoms with Crippen LogP contribution in [0.2, 0.25) is 10.0 Å². The molecule has 0 spiro atoms. The molecule has 0 saturated carbocycles. The molecule has 18 heavy (non-hydrogen) atoms. The van der Waals surface area contributed by atoms with E-state index >= 15 is 0 Å². The van der Waals surface area contributed by atoms with Gasteiger partial charge in [-0.2, -0.15) is 0 Å². The van der Waals surface area contributed by atoms with Gasteiger partial charge in [-0.15, -0.1) is 0 Å². The summed E-state index contributed by atoms with van der Waals surface area (Å²) >= 11 is 11.7. The first-order valence-electron chi connectivity index (χ1n) is 5.76. The Labute approximate surface area is 117 Å². The lowest BCUT2D eigenvalue weighted by Gasteiger charge is -2.16. The van der Waals surface area contributed by atoms with E-state index in [0.717, 1.165) is 6.42 Å². The molecular weight excluding hydrogens is 273 g/mol. The van der Waals surface area contributed by atoms with Crippen molar-refractivity contribution in [1.29, 1.82) is 0 Å². The Kier molecular flexibility index (Phi) is 5.29. The summed E-state index contributed by atoms with van der Waals surface area (Å²) in [5.41, 5.74) is 6.15. The van der Waals surface area contributed by atoms with Gasteiger partial charge < -0.3 is 10.5 Å². The van der Waals surface area contributed by atoms with E-state index < -0.39 is 5.97 Å². The van der Waals surface area contributed by atoms with Gasteiger partial charge in [-0.1, -0.05) is 37.0 Å². The van der Waals surface area contributed by atoms with Crippen molar-refractivity contribution in [2.75, 3.05) is 5.73 Å². The zero-order valence-electron chi connectivity index (χ0n) is 10.7. The second-order valence-corrected chi connectivity index (χ2v) is 5.54. The van der Waals surface area contributed by atoms with E-state index in [1.165, 1.54) is 12.1 Å². The summed E-state index contributed by atoms with van der Waals surface area (Å²) in [6.45, 7) is 5.98. The zero-order valence-corrected chi connectivity index (χ0v) is 12.2. The van der Waals surface area contributed by atoms with Crippen molar-refractivity contribution in [3.63, 3.8) is 0 Å². The van der Waals surface area contributed by atoms with Gasteiger partial charge in [0.05, 0.1) is 22.4 Å². The average molecular weight is 290 g/mol. The second-order valence-electron chi connectivity index (χ2n) is 4.69. The fourth-order valence-corrected chi connectivity index (χ4v) is 2.21. The van der Waals surface area contributed by atoms with E-state index in [2.05, 4.69) is 13.8 Å². The molecular formula is C13H17Cl2NO2. The molecule has 2 N–H and O–H groups in total. The van der Waals surface area contributed by atoms with Crippen LogP contribution in [0.5, 0.6) is 0 Å². The lowest BCUT2D eigenvalue weighted by Crippen LogP contribution is -2.18. The molecule has 0 fully saturated rings. The fraction of sp³-hybridized carbons (Fsp3) is 0.462. The number of rotatable bonds is 4. The lowest BCUT2D eigenvalue weighted by atomic mass is 10.1. The molecule has 100 valence electrons. The van der Waals surface area contributed by atoms with Crippen molar-refractivity contribution < 1.29 is 9.53 Å². The highest BCUT2D eigenvalue weighted by atomic mass is 35.5. The maximum absolute atomic E-state index is 11.9. The maximum Gasteiger partial charge on any atom is 0.340 e. The predicted octanol–water partition coefficient (Wildman–Crippen LogP) is 4.17. The molecule has 1 aromatic carbocycles. The number of esters is 1. The molecule has 0 heterocycles. The Morgan fingerprint density at radius 2 is 1.94 bits per heavy atom. The van der Waals surface area contributed by atoms with Crippen LogP contribution < -0.4 is 5.73 Å². The van der Waals surface area contributed by atoms with Gasteiger partial charge in [-0.05, 0) is 31.4 Å². The van der Waals surface area contributed by atoms with E-state index in [1.807, 2.05) is 6.92 Å². The van der Waals surface area contributed by atoms with Crippen LogP contribution in [-0.2, 0) is 4.74 Å². The molecule has 0 radical (unpaired) electrons. The molecule has 5 heteroatoms. The van der Waals surface area contributed by atoms with Crippen molar-refractivity contribution in [3.8, 4) is 0 Å². The van der Waals surface area contributed by atoms with Crippen molar-refractivity contribution >= 4 is 34.9 Å². The number of hydrogen-bond donors (Lipinski definition) is 1. The Morgan fingerprint density at radius 3 is 2.50 bits per heavy atom. The van der Waals surface area contributed by atoms with Gasteiger partial charge in [0.2, 0.25) is 0 Å². The first kappa shape index (κ1) is 15.1. The van der Waals surface area contributed by atoms with Crippen LogP contribution in [0, 0.1) is 5.92 Å². The molecule has 0 amide bonds. The number of carbonyl (C=O) groups excluding carboxylic acids is 1. The van der Waals surface area contributed by atoms with Crippen LogP contribution in [0.1, 0.15) is 37.6 Å². The molecule has 1 atom stereocenters. The summed E-state index contributed by atoms with van der Waals surface area (Å²) in [4.78, 5) is 11.9. The molecule has 1 rings (SSSR count). The number of nitrogen functional groups attached to an aromatic ring is 1. The molecule has 0 aliphatic rings. The number of halogens is 2. The topological polar surface area (TPSA) is 52.3 Å². The number of carbonyl (C=O) groups is 1. The summed E-state index contributed by atoms with van der Waals surface area (Å²) in [6, 6.07) is 2.96. The Hall–Kier alpha value is -0.930. The van der Waals surface area contributed by atoms with Gasteiger partial charge in [0.1, 0.15) is 0 Å².